The molecule has 1 atom stereocenters. The van der Waals surface area contributed by atoms with Crippen LogP contribution < -0.4 is 5.73 Å². The third-order valence-corrected chi connectivity index (χ3v) is 7.76. The maximum atomic E-state index is 13.3. The third-order valence-electron chi connectivity index (χ3n) is 7.76. The fourth-order valence-corrected chi connectivity index (χ4v) is 5.41. The van der Waals surface area contributed by atoms with Gasteiger partial charge in [-0.25, -0.2) is 9.48 Å². The minimum absolute atomic E-state index is 0.138. The molecule has 1 unspecified atom stereocenters. The van der Waals surface area contributed by atoms with E-state index in [4.69, 9.17) is 10.5 Å². The number of carbonyl (C=O) groups is 3. The molecule has 5 rings (SSSR count). The highest BCUT2D eigenvalue weighted by molar-refractivity contribution is 5.95. The van der Waals surface area contributed by atoms with Crippen molar-refractivity contribution in [3.63, 3.8) is 0 Å². The Bertz CT molecular complexity index is 1670. The summed E-state index contributed by atoms with van der Waals surface area (Å²) in [4.78, 5) is 40.5. The number of hydrogen-bond donors (Lipinski definition) is 2. The van der Waals surface area contributed by atoms with Crippen molar-refractivity contribution in [2.75, 3.05) is 26.2 Å². The van der Waals surface area contributed by atoms with Gasteiger partial charge in [-0.3, -0.25) is 14.5 Å². The van der Waals surface area contributed by atoms with Crippen LogP contribution in [-0.4, -0.2) is 80.5 Å². The highest BCUT2D eigenvalue weighted by atomic mass is 16.6. The molecule has 3 amide bonds. The number of hydrogen-bond acceptors (Lipinski definition) is 6. The van der Waals surface area contributed by atoms with Crippen LogP contribution in [0.4, 0.5) is 4.79 Å². The van der Waals surface area contributed by atoms with Gasteiger partial charge in [0.2, 0.25) is 0 Å². The zero-order valence-corrected chi connectivity index (χ0v) is 26.1. The summed E-state index contributed by atoms with van der Waals surface area (Å²) in [5, 5.41) is 14.2. The van der Waals surface area contributed by atoms with Gasteiger partial charge in [-0.2, -0.15) is 5.10 Å². The van der Waals surface area contributed by atoms with Crippen molar-refractivity contribution in [3.05, 3.63) is 107 Å². The highest BCUT2D eigenvalue weighted by Crippen LogP contribution is 2.24. The molecule has 3 aromatic carbocycles. The molecule has 4 aromatic rings. The summed E-state index contributed by atoms with van der Waals surface area (Å²) in [6, 6.07) is 25.0. The highest BCUT2D eigenvalue weighted by Gasteiger charge is 2.34. The summed E-state index contributed by atoms with van der Waals surface area (Å²) in [5.74, 6) is -0.688. The molecule has 1 aliphatic heterocycles. The predicted octanol–water partition coefficient (Wildman–Crippen LogP) is 4.59. The maximum absolute atomic E-state index is 13.3. The van der Waals surface area contributed by atoms with Crippen molar-refractivity contribution < 1.29 is 24.2 Å². The molecule has 0 aliphatic carbocycles. The van der Waals surface area contributed by atoms with Crippen LogP contribution in [0.25, 0.3) is 16.8 Å². The first kappa shape index (κ1) is 31.5. The van der Waals surface area contributed by atoms with Crippen LogP contribution in [-0.2, 0) is 11.2 Å². The van der Waals surface area contributed by atoms with Gasteiger partial charge >= 0.3 is 6.09 Å². The first-order valence-electron chi connectivity index (χ1n) is 15.0. The van der Waals surface area contributed by atoms with Gasteiger partial charge in [0.15, 0.2) is 5.69 Å². The second kappa shape index (κ2) is 13.0. The van der Waals surface area contributed by atoms with Crippen LogP contribution in [0.1, 0.15) is 58.4 Å². The predicted molar refractivity (Wildman–Crippen MR) is 171 cm³/mol. The molecule has 10 heteroatoms. The van der Waals surface area contributed by atoms with Crippen LogP contribution in [0.15, 0.2) is 78.9 Å². The summed E-state index contributed by atoms with van der Waals surface area (Å²) < 4.78 is 7.17. The quantitative estimate of drug-likeness (QED) is 0.315. The van der Waals surface area contributed by atoms with Gasteiger partial charge in [0.05, 0.1) is 18.3 Å². The van der Waals surface area contributed by atoms with E-state index in [1.807, 2.05) is 55.5 Å². The zero-order valence-electron chi connectivity index (χ0n) is 26.1. The number of aliphatic hydroxyl groups is 1. The number of aryl methyl sites for hydroxylation is 1. The molecule has 0 bridgehead atoms. The van der Waals surface area contributed by atoms with Crippen molar-refractivity contribution in [1.82, 2.24) is 19.6 Å². The van der Waals surface area contributed by atoms with E-state index in [0.717, 1.165) is 40.1 Å². The van der Waals surface area contributed by atoms with Crippen LogP contribution in [0.2, 0.25) is 0 Å². The Hall–Kier alpha value is -4.96. The number of piperazine rings is 1. The van der Waals surface area contributed by atoms with Crippen molar-refractivity contribution in [1.29, 1.82) is 0 Å². The molecule has 10 nitrogen and oxygen atoms in total. The smallest absolute Gasteiger partial charge is 0.410 e. The molecule has 45 heavy (non-hydrogen) atoms. The number of nitrogens with zero attached hydrogens (tertiary/aromatic N) is 4. The zero-order chi connectivity index (χ0) is 32.3. The van der Waals surface area contributed by atoms with Gasteiger partial charge in [0.1, 0.15) is 5.60 Å². The van der Waals surface area contributed by atoms with E-state index >= 15 is 0 Å². The van der Waals surface area contributed by atoms with Crippen molar-refractivity contribution >= 4 is 17.9 Å². The Morgan fingerprint density at radius 1 is 0.911 bits per heavy atom. The van der Waals surface area contributed by atoms with Gasteiger partial charge in [-0.05, 0) is 86.7 Å². The van der Waals surface area contributed by atoms with Gasteiger partial charge in [-0.1, -0.05) is 48.5 Å². The second-order valence-corrected chi connectivity index (χ2v) is 12.3. The standard InChI is InChI=1S/C35H39N5O5/c1-23-19-31(32(36)42)37-40(23)29-15-7-25(8-16-29)20-24-5-9-26(10-6-24)27-11-13-28(14-12-27)33(43)38-17-18-39(30(21-38)22-41)34(44)45-35(2,3)4/h5-16,19,30,41H,17-18,20-22H2,1-4H3,(H2,36,42). The van der Waals surface area contributed by atoms with Crippen molar-refractivity contribution in [3.8, 4) is 16.8 Å². The molecular formula is C35H39N5O5. The van der Waals surface area contributed by atoms with Crippen molar-refractivity contribution in [2.45, 2.75) is 45.8 Å². The number of primary amides is 1. The number of amides is 3. The first-order chi connectivity index (χ1) is 21.4. The number of benzene rings is 3. The Labute approximate surface area is 263 Å². The molecule has 1 fully saturated rings. The van der Waals surface area contributed by atoms with Crippen LogP contribution in [0.3, 0.4) is 0 Å². The van der Waals surface area contributed by atoms with Crippen molar-refractivity contribution in [2.24, 2.45) is 5.73 Å². The fourth-order valence-electron chi connectivity index (χ4n) is 5.41. The van der Waals surface area contributed by atoms with Crippen LogP contribution >= 0.6 is 0 Å². The molecule has 0 radical (unpaired) electrons. The molecule has 1 aromatic heterocycles. The Kier molecular flexibility index (Phi) is 9.06. The Balaban J connectivity index is 1.19. The fraction of sp³-hybridized carbons (Fsp3) is 0.314. The lowest BCUT2D eigenvalue weighted by molar-refractivity contribution is -0.00984. The molecule has 1 aliphatic rings. The Morgan fingerprint density at radius 3 is 2.02 bits per heavy atom. The average Bonchev–Trinajstić information content (AvgIpc) is 3.42. The van der Waals surface area contributed by atoms with E-state index < -0.39 is 23.6 Å². The monoisotopic (exact) mass is 609 g/mol. The van der Waals surface area contributed by atoms with Gasteiger partial charge in [0.25, 0.3) is 11.8 Å². The average molecular weight is 610 g/mol. The first-order valence-corrected chi connectivity index (χ1v) is 15.0. The number of nitrogens with two attached hydrogens (primary N) is 1. The van der Waals surface area contributed by atoms with E-state index in [9.17, 15) is 19.5 Å². The van der Waals surface area contributed by atoms with Crippen LogP contribution in [0.5, 0.6) is 0 Å². The van der Waals surface area contributed by atoms with E-state index in [1.54, 1.807) is 36.4 Å². The van der Waals surface area contributed by atoms with E-state index in [1.165, 1.54) is 4.90 Å². The summed E-state index contributed by atoms with van der Waals surface area (Å²) in [7, 11) is 0. The normalized spacial score (nSPS) is 15.2. The van der Waals surface area contributed by atoms with E-state index in [2.05, 4.69) is 29.4 Å². The molecule has 2 heterocycles. The lowest BCUT2D eigenvalue weighted by atomic mass is 9.99. The summed E-state index contributed by atoms with van der Waals surface area (Å²) in [6.07, 6.45) is 0.276. The summed E-state index contributed by atoms with van der Waals surface area (Å²) >= 11 is 0. The van der Waals surface area contributed by atoms with Gasteiger partial charge < -0.3 is 20.5 Å². The molecule has 3 N–H and O–H groups in total. The largest absolute Gasteiger partial charge is 0.444 e. The van der Waals surface area contributed by atoms with E-state index in [0.29, 0.717) is 18.7 Å². The lowest BCUT2D eigenvalue weighted by Gasteiger charge is -2.41. The van der Waals surface area contributed by atoms with Gasteiger partial charge in [0, 0.05) is 30.9 Å². The molecule has 0 saturated carbocycles. The van der Waals surface area contributed by atoms with Gasteiger partial charge in [-0.15, -0.1) is 0 Å². The number of ether oxygens (including phenoxy) is 1. The second-order valence-electron chi connectivity index (χ2n) is 12.3. The summed E-state index contributed by atoms with van der Waals surface area (Å²) in [5.41, 5.74) is 11.5. The third kappa shape index (κ3) is 7.41. The SMILES string of the molecule is Cc1cc(C(N)=O)nn1-c1ccc(Cc2ccc(-c3ccc(C(=O)N4CCN(C(=O)OC(C)(C)C)C(CO)C4)cc3)cc2)cc1. The lowest BCUT2D eigenvalue weighted by Crippen LogP contribution is -2.58. The molecule has 0 spiro atoms. The number of rotatable bonds is 7. The summed E-state index contributed by atoms with van der Waals surface area (Å²) in [6.45, 7) is 7.91. The number of aromatic nitrogens is 2. The van der Waals surface area contributed by atoms with E-state index in [-0.39, 0.29) is 24.8 Å². The maximum Gasteiger partial charge on any atom is 0.410 e. The topological polar surface area (TPSA) is 131 Å². The number of carbonyl (C=O) groups excluding carboxylic acids is 3. The number of aliphatic hydroxyl groups excluding tert-OH is 1. The minimum atomic E-state index is -0.639. The minimum Gasteiger partial charge on any atom is -0.444 e. The molecule has 234 valence electrons. The van der Waals surface area contributed by atoms with Crippen LogP contribution in [0, 0.1) is 6.92 Å². The molecular weight excluding hydrogens is 570 g/mol. The molecule has 1 saturated heterocycles. The Morgan fingerprint density at radius 2 is 1.49 bits per heavy atom.